The third-order valence-electron chi connectivity index (χ3n) is 4.85. The Labute approximate surface area is 174 Å². The second-order valence-corrected chi connectivity index (χ2v) is 6.95. The zero-order chi connectivity index (χ0) is 21.1. The smallest absolute Gasteiger partial charge is 0.267 e. The zero-order valence-corrected chi connectivity index (χ0v) is 17.1. The van der Waals surface area contributed by atoms with Crippen LogP contribution in [-0.4, -0.2) is 26.5 Å². The normalized spacial score (nSPS) is 10.9. The second-order valence-electron chi connectivity index (χ2n) is 6.95. The van der Waals surface area contributed by atoms with Crippen molar-refractivity contribution in [3.8, 4) is 28.1 Å². The number of aryl methyl sites for hydroxylation is 2. The fraction of sp³-hybridized carbons (Fsp3) is 0.217. The highest BCUT2D eigenvalue weighted by molar-refractivity contribution is 5.63. The van der Waals surface area contributed by atoms with E-state index in [2.05, 4.69) is 15.2 Å². The molecule has 0 aliphatic rings. The third kappa shape index (κ3) is 4.00. The summed E-state index contributed by atoms with van der Waals surface area (Å²) in [5.41, 5.74) is 4.70. The van der Waals surface area contributed by atoms with Gasteiger partial charge >= 0.3 is 0 Å². The van der Waals surface area contributed by atoms with E-state index < -0.39 is 0 Å². The lowest BCUT2D eigenvalue weighted by molar-refractivity contribution is 0.340. The van der Waals surface area contributed by atoms with Gasteiger partial charge in [0.25, 0.3) is 5.56 Å². The predicted molar refractivity (Wildman–Crippen MR) is 113 cm³/mol. The Morgan fingerprint density at radius 1 is 1.00 bits per heavy atom. The molecule has 30 heavy (non-hydrogen) atoms. The molecule has 1 aromatic carbocycles. The van der Waals surface area contributed by atoms with Gasteiger partial charge < -0.3 is 9.26 Å². The van der Waals surface area contributed by atoms with Crippen LogP contribution in [0.4, 0.5) is 0 Å². The highest BCUT2D eigenvalue weighted by Crippen LogP contribution is 2.25. The van der Waals surface area contributed by atoms with E-state index in [9.17, 15) is 4.79 Å². The van der Waals surface area contributed by atoms with Gasteiger partial charge in [0.15, 0.2) is 0 Å². The molecule has 3 heterocycles. The van der Waals surface area contributed by atoms with Gasteiger partial charge in [0.1, 0.15) is 17.2 Å². The number of pyridine rings is 1. The topological polar surface area (TPSA) is 83.0 Å². The maximum absolute atomic E-state index is 12.7. The van der Waals surface area contributed by atoms with Crippen molar-refractivity contribution in [2.24, 2.45) is 0 Å². The van der Waals surface area contributed by atoms with Gasteiger partial charge in [-0.2, -0.15) is 5.10 Å². The first-order valence-electron chi connectivity index (χ1n) is 9.73. The molecule has 0 aliphatic heterocycles. The molecular weight excluding hydrogens is 380 g/mol. The van der Waals surface area contributed by atoms with Gasteiger partial charge in [-0.25, -0.2) is 4.68 Å². The molecule has 0 bridgehead atoms. The molecule has 0 saturated heterocycles. The van der Waals surface area contributed by atoms with Gasteiger partial charge in [0, 0.05) is 34.6 Å². The maximum atomic E-state index is 12.7. The summed E-state index contributed by atoms with van der Waals surface area (Å²) in [4.78, 5) is 17.0. The van der Waals surface area contributed by atoms with Crippen molar-refractivity contribution in [1.29, 1.82) is 0 Å². The van der Waals surface area contributed by atoms with Gasteiger partial charge in [0.05, 0.1) is 19.3 Å². The first-order valence-corrected chi connectivity index (χ1v) is 9.73. The fourth-order valence-electron chi connectivity index (χ4n) is 3.18. The van der Waals surface area contributed by atoms with Gasteiger partial charge in [0.2, 0.25) is 0 Å². The molecule has 0 aliphatic carbocycles. The summed E-state index contributed by atoms with van der Waals surface area (Å²) in [5.74, 6) is 1.44. The van der Waals surface area contributed by atoms with Crippen LogP contribution in [0.2, 0.25) is 0 Å². The Kier molecular flexibility index (Phi) is 5.43. The molecule has 4 rings (SSSR count). The van der Waals surface area contributed by atoms with Crippen LogP contribution < -0.4 is 10.3 Å². The minimum absolute atomic E-state index is 0.199. The van der Waals surface area contributed by atoms with Crippen molar-refractivity contribution in [2.75, 3.05) is 6.61 Å². The average Bonchev–Trinajstić information content (AvgIpc) is 3.11. The van der Waals surface area contributed by atoms with Gasteiger partial charge in [-0.05, 0) is 50.6 Å². The molecule has 152 valence electrons. The van der Waals surface area contributed by atoms with E-state index in [1.165, 1.54) is 4.68 Å². The van der Waals surface area contributed by atoms with Crippen LogP contribution in [0.3, 0.4) is 0 Å². The average molecular weight is 402 g/mol. The highest BCUT2D eigenvalue weighted by Gasteiger charge is 2.17. The first-order chi connectivity index (χ1) is 14.5. The number of hydrogen-bond acceptors (Lipinski definition) is 6. The van der Waals surface area contributed by atoms with Crippen molar-refractivity contribution in [1.82, 2.24) is 19.9 Å². The second kappa shape index (κ2) is 8.32. The fourth-order valence-corrected chi connectivity index (χ4v) is 3.18. The summed E-state index contributed by atoms with van der Waals surface area (Å²) in [6.45, 7) is 6.57. The van der Waals surface area contributed by atoms with E-state index in [1.807, 2.05) is 57.2 Å². The molecule has 0 spiro atoms. The maximum Gasteiger partial charge on any atom is 0.267 e. The minimum Gasteiger partial charge on any atom is -0.494 e. The molecule has 3 aromatic heterocycles. The van der Waals surface area contributed by atoms with Crippen LogP contribution in [0.15, 0.2) is 64.2 Å². The Morgan fingerprint density at radius 2 is 1.77 bits per heavy atom. The summed E-state index contributed by atoms with van der Waals surface area (Å²) >= 11 is 0. The molecule has 0 radical (unpaired) electrons. The quantitative estimate of drug-likeness (QED) is 0.484. The number of ether oxygens (including phenoxy) is 1. The van der Waals surface area contributed by atoms with E-state index in [0.29, 0.717) is 18.1 Å². The monoisotopic (exact) mass is 402 g/mol. The Morgan fingerprint density at radius 3 is 2.43 bits per heavy atom. The van der Waals surface area contributed by atoms with Crippen molar-refractivity contribution in [2.45, 2.75) is 27.3 Å². The van der Waals surface area contributed by atoms with Gasteiger partial charge in [-0.15, -0.1) is 0 Å². The molecule has 0 amide bonds. The summed E-state index contributed by atoms with van der Waals surface area (Å²) in [7, 11) is 0. The van der Waals surface area contributed by atoms with Crippen LogP contribution >= 0.6 is 0 Å². The minimum atomic E-state index is -0.199. The van der Waals surface area contributed by atoms with Crippen molar-refractivity contribution < 1.29 is 9.26 Å². The van der Waals surface area contributed by atoms with Crippen molar-refractivity contribution in [3.05, 3.63) is 82.2 Å². The lowest BCUT2D eigenvalue weighted by Gasteiger charge is -2.08. The Balaban J connectivity index is 1.61. The molecule has 0 saturated carbocycles. The summed E-state index contributed by atoms with van der Waals surface area (Å²) < 4.78 is 12.3. The Bertz CT molecular complexity index is 1210. The highest BCUT2D eigenvalue weighted by atomic mass is 16.5. The van der Waals surface area contributed by atoms with Crippen LogP contribution in [0, 0.1) is 13.8 Å². The summed E-state index contributed by atoms with van der Waals surface area (Å²) in [6.07, 6.45) is 3.44. The number of rotatable bonds is 6. The van der Waals surface area contributed by atoms with Crippen molar-refractivity contribution in [3.63, 3.8) is 0 Å². The van der Waals surface area contributed by atoms with E-state index in [0.717, 1.165) is 33.7 Å². The SMILES string of the molecule is CCOc1ccc(-c2cnn(Cc3c(-c4ccc(C)nc4)noc3C)c(=O)c2)cc1. The molecule has 7 heteroatoms. The van der Waals surface area contributed by atoms with Crippen LogP contribution in [0.25, 0.3) is 22.4 Å². The molecular formula is C23H22N4O3. The molecule has 0 atom stereocenters. The van der Waals surface area contributed by atoms with E-state index >= 15 is 0 Å². The van der Waals surface area contributed by atoms with Gasteiger partial charge in [-0.1, -0.05) is 17.3 Å². The lowest BCUT2D eigenvalue weighted by Crippen LogP contribution is -2.23. The van der Waals surface area contributed by atoms with Crippen LogP contribution in [0.5, 0.6) is 5.75 Å². The van der Waals surface area contributed by atoms with E-state index in [1.54, 1.807) is 18.5 Å². The number of aromatic nitrogens is 4. The van der Waals surface area contributed by atoms with Gasteiger partial charge in [-0.3, -0.25) is 9.78 Å². The van der Waals surface area contributed by atoms with E-state index in [4.69, 9.17) is 9.26 Å². The molecule has 7 nitrogen and oxygen atoms in total. The lowest BCUT2D eigenvalue weighted by atomic mass is 10.1. The number of nitrogens with zero attached hydrogens (tertiary/aromatic N) is 4. The molecule has 4 aromatic rings. The third-order valence-corrected chi connectivity index (χ3v) is 4.85. The van der Waals surface area contributed by atoms with Crippen LogP contribution in [-0.2, 0) is 6.54 Å². The summed E-state index contributed by atoms with van der Waals surface area (Å²) in [6, 6.07) is 13.0. The molecule has 0 unspecified atom stereocenters. The van der Waals surface area contributed by atoms with E-state index in [-0.39, 0.29) is 12.1 Å². The molecule has 0 fully saturated rings. The number of hydrogen-bond donors (Lipinski definition) is 0. The number of benzene rings is 1. The first kappa shape index (κ1) is 19.6. The largest absolute Gasteiger partial charge is 0.494 e. The Hall–Kier alpha value is -3.74. The van der Waals surface area contributed by atoms with Crippen molar-refractivity contribution >= 4 is 0 Å². The molecule has 0 N–H and O–H groups in total. The zero-order valence-electron chi connectivity index (χ0n) is 17.1. The van der Waals surface area contributed by atoms with Crippen LogP contribution in [0.1, 0.15) is 23.9 Å². The predicted octanol–water partition coefficient (Wildman–Crippen LogP) is 4.02. The standard InChI is InChI=1S/C23H22N4O3/c1-4-29-20-9-7-17(8-10-20)19-11-22(28)27(25-13-19)14-21-16(3)30-26-23(21)18-6-5-15(2)24-12-18/h5-13H,4,14H2,1-3H3. The summed E-state index contributed by atoms with van der Waals surface area (Å²) in [5, 5.41) is 8.53.